The Kier molecular flexibility index (Phi) is 3.23. The van der Waals surface area contributed by atoms with Crippen LogP contribution in [0, 0.1) is 5.41 Å². The van der Waals surface area contributed by atoms with Gasteiger partial charge in [0.1, 0.15) is 5.01 Å². The topological polar surface area (TPSA) is 51.8 Å². The van der Waals surface area contributed by atoms with Crippen LogP contribution in [0.2, 0.25) is 0 Å². The van der Waals surface area contributed by atoms with E-state index in [1.165, 1.54) is 4.88 Å². The van der Waals surface area contributed by atoms with Crippen LogP contribution in [0.4, 0.5) is 0 Å². The van der Waals surface area contributed by atoms with Crippen molar-refractivity contribution < 1.29 is 0 Å². The van der Waals surface area contributed by atoms with E-state index in [1.807, 2.05) is 12.1 Å². The molecule has 100 valence electrons. The van der Waals surface area contributed by atoms with Gasteiger partial charge in [0, 0.05) is 21.6 Å². The molecule has 2 aromatic heterocycles. The molecule has 1 aliphatic carbocycles. The van der Waals surface area contributed by atoms with Crippen molar-refractivity contribution in [3.05, 3.63) is 33.4 Å². The molecule has 1 aliphatic rings. The molecule has 19 heavy (non-hydrogen) atoms. The molecule has 0 saturated carbocycles. The van der Waals surface area contributed by atoms with Crippen LogP contribution in [0.5, 0.6) is 0 Å². The van der Waals surface area contributed by atoms with Gasteiger partial charge >= 0.3 is 0 Å². The molecule has 3 nitrogen and oxygen atoms in total. The van der Waals surface area contributed by atoms with Crippen LogP contribution in [-0.4, -0.2) is 9.97 Å². The second-order valence-electron chi connectivity index (χ2n) is 5.84. The number of aromatic nitrogens is 2. The fraction of sp³-hybridized carbons (Fsp3) is 0.429. The van der Waals surface area contributed by atoms with Crippen LogP contribution in [0.25, 0.3) is 10.7 Å². The quantitative estimate of drug-likeness (QED) is 0.857. The summed E-state index contributed by atoms with van der Waals surface area (Å²) in [5.74, 6) is 0. The second kappa shape index (κ2) is 4.65. The third-order valence-corrected chi connectivity index (χ3v) is 5.15. The van der Waals surface area contributed by atoms with E-state index >= 15 is 0 Å². The highest BCUT2D eigenvalue weighted by Crippen LogP contribution is 2.43. The minimum Gasteiger partial charge on any atom is -0.323 e. The van der Waals surface area contributed by atoms with E-state index in [2.05, 4.69) is 34.8 Å². The Bertz CT molecular complexity index is 604. The van der Waals surface area contributed by atoms with E-state index in [1.54, 1.807) is 17.5 Å². The van der Waals surface area contributed by atoms with E-state index in [4.69, 9.17) is 10.7 Å². The van der Waals surface area contributed by atoms with Gasteiger partial charge in [0.25, 0.3) is 0 Å². The summed E-state index contributed by atoms with van der Waals surface area (Å²) in [6, 6.07) is 4.10. The van der Waals surface area contributed by atoms with Gasteiger partial charge in [0.15, 0.2) is 0 Å². The Labute approximate surface area is 125 Å². The van der Waals surface area contributed by atoms with Gasteiger partial charge in [-0.05, 0) is 46.3 Å². The average molecular weight is 338 g/mol. The van der Waals surface area contributed by atoms with Crippen LogP contribution in [0.1, 0.15) is 36.9 Å². The molecule has 0 aromatic carbocycles. The average Bonchev–Trinajstić information content (AvgIpc) is 2.72. The molecule has 0 radical (unpaired) electrons. The SMILES string of the molecule is CC1(C)Cc2nc(-c3ccc(Br)cn3)sc2C(N)C1. The lowest BCUT2D eigenvalue weighted by atomic mass is 9.77. The number of hydrogen-bond acceptors (Lipinski definition) is 4. The monoisotopic (exact) mass is 337 g/mol. The molecule has 2 aromatic rings. The Morgan fingerprint density at radius 3 is 2.89 bits per heavy atom. The summed E-state index contributed by atoms with van der Waals surface area (Å²) in [6.45, 7) is 4.51. The summed E-state index contributed by atoms with van der Waals surface area (Å²) in [5, 5.41) is 0.977. The predicted octanol–water partition coefficient (Wildman–Crippen LogP) is 3.94. The van der Waals surface area contributed by atoms with Crippen molar-refractivity contribution in [3.63, 3.8) is 0 Å². The molecule has 2 N–H and O–H groups in total. The number of thiazole rings is 1. The van der Waals surface area contributed by atoms with E-state index in [-0.39, 0.29) is 11.5 Å². The van der Waals surface area contributed by atoms with Gasteiger partial charge in [-0.1, -0.05) is 13.8 Å². The fourth-order valence-electron chi connectivity index (χ4n) is 2.61. The Morgan fingerprint density at radius 1 is 1.42 bits per heavy atom. The maximum Gasteiger partial charge on any atom is 0.142 e. The van der Waals surface area contributed by atoms with Crippen molar-refractivity contribution in [2.75, 3.05) is 0 Å². The Balaban J connectivity index is 2.01. The van der Waals surface area contributed by atoms with Gasteiger partial charge in [-0.2, -0.15) is 0 Å². The van der Waals surface area contributed by atoms with Crippen molar-refractivity contribution in [2.24, 2.45) is 11.1 Å². The first kappa shape index (κ1) is 13.2. The van der Waals surface area contributed by atoms with Crippen LogP contribution < -0.4 is 5.73 Å². The number of pyridine rings is 1. The van der Waals surface area contributed by atoms with E-state index in [9.17, 15) is 0 Å². The normalized spacial score (nSPS) is 21.2. The molecule has 2 heterocycles. The first-order valence-corrected chi connectivity index (χ1v) is 7.93. The molecular weight excluding hydrogens is 322 g/mol. The molecule has 0 fully saturated rings. The molecule has 1 atom stereocenters. The summed E-state index contributed by atoms with van der Waals surface area (Å²) in [7, 11) is 0. The molecule has 0 spiro atoms. The fourth-order valence-corrected chi connectivity index (χ4v) is 3.90. The van der Waals surface area contributed by atoms with Gasteiger partial charge in [-0.15, -0.1) is 11.3 Å². The van der Waals surface area contributed by atoms with Crippen LogP contribution in [-0.2, 0) is 6.42 Å². The maximum atomic E-state index is 6.28. The number of halogens is 1. The zero-order valence-electron chi connectivity index (χ0n) is 11.0. The highest BCUT2D eigenvalue weighted by Gasteiger charge is 2.33. The smallest absolute Gasteiger partial charge is 0.142 e. The number of nitrogens with zero attached hydrogens (tertiary/aromatic N) is 2. The van der Waals surface area contributed by atoms with E-state index < -0.39 is 0 Å². The van der Waals surface area contributed by atoms with Crippen molar-refractivity contribution in [1.29, 1.82) is 0 Å². The first-order chi connectivity index (χ1) is 8.94. The summed E-state index contributed by atoms with van der Waals surface area (Å²) in [6.07, 6.45) is 3.83. The Morgan fingerprint density at radius 2 is 2.21 bits per heavy atom. The molecule has 5 heteroatoms. The number of fused-ring (bicyclic) bond motifs is 1. The molecule has 0 aliphatic heterocycles. The lowest BCUT2D eigenvalue weighted by Crippen LogP contribution is -2.28. The second-order valence-corrected chi connectivity index (χ2v) is 7.79. The minimum absolute atomic E-state index is 0.112. The molecule has 0 amide bonds. The van der Waals surface area contributed by atoms with Gasteiger partial charge in [-0.25, -0.2) is 4.98 Å². The maximum absolute atomic E-state index is 6.28. The van der Waals surface area contributed by atoms with Gasteiger partial charge in [-0.3, -0.25) is 4.98 Å². The lowest BCUT2D eigenvalue weighted by Gasteiger charge is -2.32. The Hall–Kier alpha value is -0.780. The predicted molar refractivity (Wildman–Crippen MR) is 82.1 cm³/mol. The summed E-state index contributed by atoms with van der Waals surface area (Å²) >= 11 is 5.09. The largest absolute Gasteiger partial charge is 0.323 e. The van der Waals surface area contributed by atoms with Crippen LogP contribution in [0.3, 0.4) is 0 Å². The molecule has 1 unspecified atom stereocenters. The van der Waals surface area contributed by atoms with E-state index in [0.29, 0.717) is 0 Å². The zero-order chi connectivity index (χ0) is 13.6. The first-order valence-electron chi connectivity index (χ1n) is 6.32. The van der Waals surface area contributed by atoms with Gasteiger partial charge in [0.05, 0.1) is 11.4 Å². The number of rotatable bonds is 1. The molecule has 0 bridgehead atoms. The third-order valence-electron chi connectivity index (χ3n) is 3.43. The minimum atomic E-state index is 0.112. The van der Waals surface area contributed by atoms with Crippen molar-refractivity contribution in [3.8, 4) is 10.7 Å². The van der Waals surface area contributed by atoms with Crippen molar-refractivity contribution >= 4 is 27.3 Å². The summed E-state index contributed by atoms with van der Waals surface area (Å²) in [5.41, 5.74) is 8.61. The summed E-state index contributed by atoms with van der Waals surface area (Å²) < 4.78 is 0.982. The molecule has 3 rings (SSSR count). The number of hydrogen-bond donors (Lipinski definition) is 1. The van der Waals surface area contributed by atoms with Crippen LogP contribution in [0.15, 0.2) is 22.8 Å². The van der Waals surface area contributed by atoms with Gasteiger partial charge in [0.2, 0.25) is 0 Å². The van der Waals surface area contributed by atoms with Crippen molar-refractivity contribution in [1.82, 2.24) is 9.97 Å². The van der Waals surface area contributed by atoms with Crippen LogP contribution >= 0.6 is 27.3 Å². The number of nitrogens with two attached hydrogens (primary N) is 1. The molecular formula is C14H16BrN3S. The van der Waals surface area contributed by atoms with E-state index in [0.717, 1.165) is 33.7 Å². The standard InChI is InChI=1S/C14H16BrN3S/c1-14(2)5-9(16)12-11(6-14)18-13(19-12)10-4-3-8(15)7-17-10/h3-4,7,9H,5-6,16H2,1-2H3. The highest BCUT2D eigenvalue weighted by atomic mass is 79.9. The van der Waals surface area contributed by atoms with Gasteiger partial charge < -0.3 is 5.73 Å². The van der Waals surface area contributed by atoms with Crippen molar-refractivity contribution in [2.45, 2.75) is 32.7 Å². The highest BCUT2D eigenvalue weighted by molar-refractivity contribution is 9.10. The lowest BCUT2D eigenvalue weighted by molar-refractivity contribution is 0.282. The third kappa shape index (κ3) is 2.59. The summed E-state index contributed by atoms with van der Waals surface area (Å²) in [4.78, 5) is 10.4. The molecule has 0 saturated heterocycles. The zero-order valence-corrected chi connectivity index (χ0v) is 13.4.